The number of ether oxygens (including phenoxy) is 3. The first-order valence-corrected chi connectivity index (χ1v) is 9.97. The lowest BCUT2D eigenvalue weighted by Gasteiger charge is -2.49. The molecule has 158 valence electrons. The zero-order chi connectivity index (χ0) is 21.4. The van der Waals surface area contributed by atoms with Gasteiger partial charge in [0.25, 0.3) is 0 Å². The van der Waals surface area contributed by atoms with Crippen LogP contribution in [0.3, 0.4) is 0 Å². The van der Waals surface area contributed by atoms with Gasteiger partial charge in [0.2, 0.25) is 0 Å². The van der Waals surface area contributed by atoms with Gasteiger partial charge in [-0.1, -0.05) is 36.4 Å². The average molecular weight is 410 g/mol. The van der Waals surface area contributed by atoms with Crippen molar-refractivity contribution in [2.45, 2.75) is 43.9 Å². The number of hydrogen-bond acceptors (Lipinski definition) is 5. The summed E-state index contributed by atoms with van der Waals surface area (Å²) < 4.78 is 16.6. The summed E-state index contributed by atoms with van der Waals surface area (Å²) in [6.45, 7) is 3.79. The van der Waals surface area contributed by atoms with Crippen LogP contribution in [0, 0.1) is 0 Å². The van der Waals surface area contributed by atoms with Crippen molar-refractivity contribution >= 4 is 12.0 Å². The largest absolute Gasteiger partial charge is 0.482 e. The Morgan fingerprint density at radius 1 is 1.17 bits per heavy atom. The monoisotopic (exact) mass is 410 g/mol. The number of rotatable bonds is 4. The zero-order valence-corrected chi connectivity index (χ0v) is 17.4. The van der Waals surface area contributed by atoms with E-state index in [1.54, 1.807) is 6.07 Å². The van der Waals surface area contributed by atoms with Gasteiger partial charge in [-0.15, -0.1) is 0 Å². The molecule has 2 atom stereocenters. The molecule has 0 unspecified atom stereocenters. The molecule has 2 heterocycles. The summed E-state index contributed by atoms with van der Waals surface area (Å²) in [5, 5.41) is 5.97. The van der Waals surface area contributed by atoms with Gasteiger partial charge in [-0.2, -0.15) is 0 Å². The molecule has 2 aromatic rings. The number of amides is 2. The number of benzene rings is 2. The topological polar surface area (TPSA) is 85.9 Å². The van der Waals surface area contributed by atoms with E-state index in [1.807, 2.05) is 44.2 Å². The third-order valence-electron chi connectivity index (χ3n) is 5.51. The van der Waals surface area contributed by atoms with Crippen LogP contribution in [0.1, 0.15) is 43.7 Å². The molecule has 0 aromatic heterocycles. The summed E-state index contributed by atoms with van der Waals surface area (Å²) in [6.07, 6.45) is 1.21. The van der Waals surface area contributed by atoms with Gasteiger partial charge in [-0.05, 0) is 25.5 Å². The number of methoxy groups -OCH3 is 1. The second-order valence-electron chi connectivity index (χ2n) is 8.47. The van der Waals surface area contributed by atoms with Crippen LogP contribution in [0.15, 0.2) is 48.5 Å². The Morgan fingerprint density at radius 3 is 2.63 bits per heavy atom. The Hall–Kier alpha value is -3.22. The molecule has 0 saturated carbocycles. The summed E-state index contributed by atoms with van der Waals surface area (Å²) in [6, 6.07) is 15.5. The van der Waals surface area contributed by atoms with E-state index < -0.39 is 17.2 Å². The van der Waals surface area contributed by atoms with E-state index in [9.17, 15) is 9.59 Å². The minimum absolute atomic E-state index is 0.0406. The fourth-order valence-corrected chi connectivity index (χ4v) is 4.39. The van der Waals surface area contributed by atoms with Crippen molar-refractivity contribution in [3.63, 3.8) is 0 Å². The Morgan fingerprint density at radius 2 is 1.93 bits per heavy atom. The van der Waals surface area contributed by atoms with E-state index in [4.69, 9.17) is 9.47 Å². The van der Waals surface area contributed by atoms with Gasteiger partial charge in [-0.25, -0.2) is 9.59 Å². The Labute approximate surface area is 175 Å². The fraction of sp³-hybridized carbons (Fsp3) is 0.391. The van der Waals surface area contributed by atoms with Gasteiger partial charge in [0.1, 0.15) is 11.5 Å². The van der Waals surface area contributed by atoms with Gasteiger partial charge in [-0.3, -0.25) is 0 Å². The van der Waals surface area contributed by atoms with Crippen LogP contribution in [0.4, 0.5) is 4.79 Å². The minimum atomic E-state index is -0.847. The van der Waals surface area contributed by atoms with Crippen molar-refractivity contribution in [2.75, 3.05) is 13.7 Å². The molecule has 7 heteroatoms. The van der Waals surface area contributed by atoms with E-state index in [-0.39, 0.29) is 18.6 Å². The van der Waals surface area contributed by atoms with Crippen molar-refractivity contribution in [3.05, 3.63) is 59.7 Å². The molecule has 1 spiro atoms. The van der Waals surface area contributed by atoms with Crippen LogP contribution in [-0.4, -0.2) is 37.0 Å². The third-order valence-corrected chi connectivity index (χ3v) is 5.51. The van der Waals surface area contributed by atoms with Crippen LogP contribution >= 0.6 is 0 Å². The van der Waals surface area contributed by atoms with Crippen molar-refractivity contribution in [1.82, 2.24) is 10.6 Å². The molecule has 1 fully saturated rings. The maximum absolute atomic E-state index is 12.4. The number of carbonyl (C=O) groups excluding carboxylic acids is 2. The number of urea groups is 1. The summed E-state index contributed by atoms with van der Waals surface area (Å²) in [5.74, 6) is 0.719. The number of fused-ring (bicyclic) bond motifs is 1. The first-order valence-electron chi connectivity index (χ1n) is 9.97. The van der Waals surface area contributed by atoms with E-state index in [2.05, 4.69) is 27.5 Å². The van der Waals surface area contributed by atoms with E-state index in [0.717, 1.165) is 11.1 Å². The number of hydrogen-bond donors (Lipinski definition) is 2. The lowest BCUT2D eigenvalue weighted by molar-refractivity contribution is -0.142. The van der Waals surface area contributed by atoms with Crippen LogP contribution in [0.5, 0.6) is 11.5 Å². The zero-order valence-electron chi connectivity index (χ0n) is 17.4. The smallest absolute Gasteiger partial charge is 0.343 e. The van der Waals surface area contributed by atoms with Gasteiger partial charge in [0.05, 0.1) is 7.11 Å². The predicted octanol–water partition coefficient (Wildman–Crippen LogP) is 3.33. The molecule has 7 nitrogen and oxygen atoms in total. The molecule has 0 aliphatic carbocycles. The maximum atomic E-state index is 12.4. The SMILES string of the molecule is COC(=O)COc1ccc2c(c1)O[C@]1(C[C@@H]2c2ccccc2)CC(C)(C)NC(=O)N1. The molecule has 2 amide bonds. The summed E-state index contributed by atoms with van der Waals surface area (Å²) in [4.78, 5) is 23.8. The molecule has 2 N–H and O–H groups in total. The molecule has 2 aliphatic rings. The van der Waals surface area contributed by atoms with E-state index >= 15 is 0 Å². The van der Waals surface area contributed by atoms with Gasteiger partial charge in [0.15, 0.2) is 12.3 Å². The molecule has 0 bridgehead atoms. The Balaban J connectivity index is 1.73. The molecule has 30 heavy (non-hydrogen) atoms. The predicted molar refractivity (Wildman–Crippen MR) is 111 cm³/mol. The molecule has 2 aliphatic heterocycles. The normalized spacial score (nSPS) is 24.1. The average Bonchev–Trinajstić information content (AvgIpc) is 2.70. The Kier molecular flexibility index (Phi) is 5.05. The van der Waals surface area contributed by atoms with Crippen LogP contribution < -0.4 is 20.1 Å². The highest BCUT2D eigenvalue weighted by Gasteiger charge is 2.49. The van der Waals surface area contributed by atoms with Crippen LogP contribution in [0.2, 0.25) is 0 Å². The van der Waals surface area contributed by atoms with E-state index in [1.165, 1.54) is 7.11 Å². The molecule has 4 rings (SSSR count). The first-order chi connectivity index (χ1) is 14.3. The first kappa shape index (κ1) is 20.1. The highest BCUT2D eigenvalue weighted by Crippen LogP contribution is 2.47. The highest BCUT2D eigenvalue weighted by atomic mass is 16.6. The minimum Gasteiger partial charge on any atom is -0.482 e. The molecule has 1 saturated heterocycles. The number of esters is 1. The van der Waals surface area contributed by atoms with Crippen molar-refractivity contribution in [1.29, 1.82) is 0 Å². The summed E-state index contributed by atoms with van der Waals surface area (Å²) in [5.41, 5.74) is 0.901. The highest BCUT2D eigenvalue weighted by molar-refractivity contribution is 5.77. The maximum Gasteiger partial charge on any atom is 0.343 e. The second kappa shape index (κ2) is 7.55. The van der Waals surface area contributed by atoms with E-state index in [0.29, 0.717) is 24.3 Å². The number of nitrogens with one attached hydrogen (secondary N) is 2. The van der Waals surface area contributed by atoms with Crippen molar-refractivity contribution < 1.29 is 23.8 Å². The number of carbonyl (C=O) groups is 2. The van der Waals surface area contributed by atoms with Gasteiger partial charge >= 0.3 is 12.0 Å². The second-order valence-corrected chi connectivity index (χ2v) is 8.47. The lowest BCUT2D eigenvalue weighted by Crippen LogP contribution is -2.69. The quantitative estimate of drug-likeness (QED) is 0.755. The standard InChI is InChI=1S/C23H26N2O5/c1-22(2)14-23(25-21(27)24-22)12-18(15-7-5-4-6-8-15)17-10-9-16(11-19(17)30-23)29-13-20(26)28-3/h4-11,18H,12-14H2,1-3H3,(H2,24,25,27)/t18-,23-/m1/s1. The molecular formula is C23H26N2O5. The summed E-state index contributed by atoms with van der Waals surface area (Å²) >= 11 is 0. The van der Waals surface area contributed by atoms with Crippen LogP contribution in [-0.2, 0) is 9.53 Å². The fourth-order valence-electron chi connectivity index (χ4n) is 4.39. The molecule has 2 aromatic carbocycles. The van der Waals surface area contributed by atoms with Crippen molar-refractivity contribution in [3.8, 4) is 11.5 Å². The molecular weight excluding hydrogens is 384 g/mol. The lowest BCUT2D eigenvalue weighted by atomic mass is 9.77. The van der Waals surface area contributed by atoms with Crippen LogP contribution in [0.25, 0.3) is 0 Å². The summed E-state index contributed by atoms with van der Waals surface area (Å²) in [7, 11) is 1.32. The van der Waals surface area contributed by atoms with Gasteiger partial charge in [0, 0.05) is 35.9 Å². The van der Waals surface area contributed by atoms with Gasteiger partial charge < -0.3 is 24.8 Å². The third kappa shape index (κ3) is 4.06. The Bertz CT molecular complexity index is 959. The molecule has 0 radical (unpaired) electrons. The van der Waals surface area contributed by atoms with Crippen molar-refractivity contribution in [2.24, 2.45) is 0 Å².